The van der Waals surface area contributed by atoms with E-state index in [1.807, 2.05) is 24.1 Å². The summed E-state index contributed by atoms with van der Waals surface area (Å²) < 4.78 is 23.9. The van der Waals surface area contributed by atoms with Gasteiger partial charge in [-0.1, -0.05) is 12.1 Å². The fourth-order valence-electron chi connectivity index (χ4n) is 3.36. The molecule has 2 aromatic carbocycles. The molecule has 32 heavy (non-hydrogen) atoms. The average Bonchev–Trinajstić information content (AvgIpc) is 2.84. The Balaban J connectivity index is 0.000000207. The molecule has 0 fully saturated rings. The van der Waals surface area contributed by atoms with Gasteiger partial charge in [0, 0.05) is 37.7 Å². The largest absolute Gasteiger partial charge is 0.493 e. The predicted molar refractivity (Wildman–Crippen MR) is 125 cm³/mol. The smallest absolute Gasteiger partial charge is 0.340 e. The summed E-state index contributed by atoms with van der Waals surface area (Å²) in [4.78, 5) is 16.9. The Morgan fingerprint density at radius 2 is 1.94 bits per heavy atom. The van der Waals surface area contributed by atoms with Crippen molar-refractivity contribution in [2.75, 3.05) is 38.0 Å². The fourth-order valence-corrected chi connectivity index (χ4v) is 3.36. The van der Waals surface area contributed by atoms with Crippen molar-refractivity contribution in [3.8, 4) is 5.75 Å². The number of aryl methyl sites for hydroxylation is 2. The van der Waals surface area contributed by atoms with E-state index < -0.39 is 0 Å². The molecular formula is C25H28FN3O3. The lowest BCUT2D eigenvalue weighted by Crippen LogP contribution is -2.12. The number of nitrogens with one attached hydrogen (secondary N) is 1. The minimum absolute atomic E-state index is 0.177. The molecule has 0 spiro atoms. The van der Waals surface area contributed by atoms with E-state index in [1.165, 1.54) is 12.7 Å². The molecule has 168 valence electrons. The van der Waals surface area contributed by atoms with E-state index >= 15 is 0 Å². The Labute approximate surface area is 188 Å². The first-order valence-corrected chi connectivity index (χ1v) is 10.4. The highest BCUT2D eigenvalue weighted by Gasteiger charge is 2.13. The quantitative estimate of drug-likeness (QED) is 0.571. The average molecular weight is 438 g/mol. The number of fused-ring (bicyclic) bond motifs is 1. The summed E-state index contributed by atoms with van der Waals surface area (Å²) in [5, 5.41) is 2.85. The lowest BCUT2D eigenvalue weighted by atomic mass is 10.1. The van der Waals surface area contributed by atoms with E-state index in [9.17, 15) is 9.18 Å². The maximum absolute atomic E-state index is 13.7. The molecule has 2 heterocycles. The number of nitrogens with zero attached hydrogens (tertiary/aromatic N) is 2. The summed E-state index contributed by atoms with van der Waals surface area (Å²) in [6.07, 6.45) is 5.27. The van der Waals surface area contributed by atoms with Gasteiger partial charge >= 0.3 is 5.97 Å². The molecule has 4 rings (SSSR count). The molecule has 0 aliphatic carbocycles. The van der Waals surface area contributed by atoms with Crippen LogP contribution in [0.4, 0.5) is 21.5 Å². The van der Waals surface area contributed by atoms with Gasteiger partial charge in [-0.2, -0.15) is 0 Å². The van der Waals surface area contributed by atoms with E-state index in [1.54, 1.807) is 44.6 Å². The summed E-state index contributed by atoms with van der Waals surface area (Å²) in [7, 11) is 5.01. The monoisotopic (exact) mass is 437 g/mol. The Morgan fingerprint density at radius 3 is 2.66 bits per heavy atom. The highest BCUT2D eigenvalue weighted by molar-refractivity contribution is 5.95. The molecular weight excluding hydrogens is 409 g/mol. The Morgan fingerprint density at radius 1 is 1.19 bits per heavy atom. The molecule has 0 saturated heterocycles. The number of halogens is 1. The molecule has 0 atom stereocenters. The first-order valence-electron chi connectivity index (χ1n) is 10.4. The number of benzene rings is 2. The summed E-state index contributed by atoms with van der Waals surface area (Å²) in [5.41, 5.74) is 4.93. The molecule has 0 unspecified atom stereocenters. The zero-order valence-electron chi connectivity index (χ0n) is 18.8. The second-order valence-electron chi connectivity index (χ2n) is 7.40. The fraction of sp³-hybridized carbons (Fsp3) is 0.280. The first kappa shape index (κ1) is 23.1. The number of pyridine rings is 1. The van der Waals surface area contributed by atoms with Crippen molar-refractivity contribution < 1.29 is 18.7 Å². The van der Waals surface area contributed by atoms with Gasteiger partial charge in [-0.05, 0) is 55.2 Å². The van der Waals surface area contributed by atoms with Crippen LogP contribution < -0.4 is 15.0 Å². The number of carbonyl (C=O) groups is 1. The molecule has 0 bridgehead atoms. The summed E-state index contributed by atoms with van der Waals surface area (Å²) in [6.45, 7) is 2.55. The summed E-state index contributed by atoms with van der Waals surface area (Å²) in [5.74, 6) is 0.415. The Bertz CT molecular complexity index is 1090. The van der Waals surface area contributed by atoms with Crippen molar-refractivity contribution in [2.45, 2.75) is 19.8 Å². The van der Waals surface area contributed by atoms with Crippen LogP contribution in [-0.4, -0.2) is 38.8 Å². The third-order valence-corrected chi connectivity index (χ3v) is 5.32. The minimum atomic E-state index is -0.359. The number of aromatic nitrogens is 1. The molecule has 0 amide bonds. The highest BCUT2D eigenvalue weighted by atomic mass is 19.1. The van der Waals surface area contributed by atoms with Crippen molar-refractivity contribution in [3.63, 3.8) is 0 Å². The van der Waals surface area contributed by atoms with E-state index in [-0.39, 0.29) is 11.8 Å². The van der Waals surface area contributed by atoms with Crippen molar-refractivity contribution in [1.29, 1.82) is 0 Å². The first-order chi connectivity index (χ1) is 15.4. The maximum atomic E-state index is 13.7. The Hall–Kier alpha value is -3.61. The number of ether oxygens (including phenoxy) is 2. The van der Waals surface area contributed by atoms with Crippen LogP contribution in [0.2, 0.25) is 0 Å². The van der Waals surface area contributed by atoms with Gasteiger partial charge in [0.25, 0.3) is 0 Å². The van der Waals surface area contributed by atoms with Crippen LogP contribution in [-0.2, 0) is 11.2 Å². The van der Waals surface area contributed by atoms with Gasteiger partial charge in [0.2, 0.25) is 0 Å². The van der Waals surface area contributed by atoms with Crippen molar-refractivity contribution >= 4 is 23.0 Å². The lowest BCUT2D eigenvalue weighted by molar-refractivity contribution is 0.0601. The second kappa shape index (κ2) is 10.6. The van der Waals surface area contributed by atoms with Gasteiger partial charge in [-0.15, -0.1) is 0 Å². The number of hydrogen-bond donors (Lipinski definition) is 1. The van der Waals surface area contributed by atoms with Crippen molar-refractivity contribution in [1.82, 2.24) is 4.98 Å². The number of carbonyl (C=O) groups excluding carboxylic acids is 1. The van der Waals surface area contributed by atoms with Crippen LogP contribution in [0.25, 0.3) is 0 Å². The van der Waals surface area contributed by atoms with Crippen LogP contribution in [0.15, 0.2) is 54.9 Å². The molecule has 1 aromatic heterocycles. The van der Waals surface area contributed by atoms with Crippen LogP contribution in [0, 0.1) is 12.7 Å². The third kappa shape index (κ3) is 5.35. The molecule has 6 nitrogen and oxygen atoms in total. The van der Waals surface area contributed by atoms with E-state index in [4.69, 9.17) is 4.74 Å². The lowest BCUT2D eigenvalue weighted by Gasteiger charge is -2.23. The number of anilines is 3. The van der Waals surface area contributed by atoms with Gasteiger partial charge in [0.05, 0.1) is 31.2 Å². The van der Waals surface area contributed by atoms with Crippen molar-refractivity contribution in [2.24, 2.45) is 0 Å². The topological polar surface area (TPSA) is 63.7 Å². The molecule has 1 aliphatic heterocycles. The molecule has 0 saturated carbocycles. The predicted octanol–water partition coefficient (Wildman–Crippen LogP) is 5.14. The molecule has 7 heteroatoms. The third-order valence-electron chi connectivity index (χ3n) is 5.32. The number of esters is 1. The zero-order chi connectivity index (χ0) is 23.1. The van der Waals surface area contributed by atoms with Gasteiger partial charge in [0.1, 0.15) is 11.6 Å². The second-order valence-corrected chi connectivity index (χ2v) is 7.40. The minimum Gasteiger partial charge on any atom is -0.493 e. The number of rotatable bonds is 4. The maximum Gasteiger partial charge on any atom is 0.340 e. The van der Waals surface area contributed by atoms with E-state index in [0.29, 0.717) is 16.8 Å². The standard InChI is InChI=1S/C17H18FNO.C8H10N2O2/c1-12-5-7-14(10-16(12)18)19(2)15-8-6-13-4-3-9-20-17(13)11-15;1-9-7-5-10-4-3-6(7)8(11)12-2/h5-8,10-11H,3-4,9H2,1-2H3;3-5,9H,1-2H3. The van der Waals surface area contributed by atoms with Crippen LogP contribution in [0.3, 0.4) is 0 Å². The zero-order valence-corrected chi connectivity index (χ0v) is 18.8. The van der Waals surface area contributed by atoms with Crippen LogP contribution in [0.1, 0.15) is 27.9 Å². The van der Waals surface area contributed by atoms with Gasteiger partial charge in [0.15, 0.2) is 0 Å². The highest BCUT2D eigenvalue weighted by Crippen LogP contribution is 2.32. The SMILES string of the molecule is CNc1cnccc1C(=O)OC.Cc1ccc(N(C)c2ccc3c(c2)OCCC3)cc1F. The Kier molecular flexibility index (Phi) is 7.65. The number of hydrogen-bond acceptors (Lipinski definition) is 6. The van der Waals surface area contributed by atoms with E-state index in [2.05, 4.69) is 27.2 Å². The van der Waals surface area contributed by atoms with Crippen molar-refractivity contribution in [3.05, 3.63) is 77.4 Å². The normalized spacial score (nSPS) is 11.9. The summed E-state index contributed by atoms with van der Waals surface area (Å²) in [6, 6.07) is 13.1. The molecule has 1 aliphatic rings. The molecule has 0 radical (unpaired) electrons. The van der Waals surface area contributed by atoms with Gasteiger partial charge in [-0.25, -0.2) is 9.18 Å². The number of methoxy groups -OCH3 is 1. The van der Waals surface area contributed by atoms with Gasteiger partial charge in [-0.3, -0.25) is 4.98 Å². The van der Waals surface area contributed by atoms with Crippen LogP contribution >= 0.6 is 0 Å². The molecule has 1 N–H and O–H groups in total. The van der Waals surface area contributed by atoms with Gasteiger partial charge < -0.3 is 19.7 Å². The van der Waals surface area contributed by atoms with Crippen LogP contribution in [0.5, 0.6) is 5.75 Å². The summed E-state index contributed by atoms with van der Waals surface area (Å²) >= 11 is 0. The van der Waals surface area contributed by atoms with E-state index in [0.717, 1.165) is 36.6 Å². The molecule has 3 aromatic rings.